The molecule has 1 aliphatic heterocycles. The third kappa shape index (κ3) is 5.45. The molecule has 0 spiro atoms. The van der Waals surface area contributed by atoms with Gasteiger partial charge in [-0.15, -0.1) is 24.8 Å². The Morgan fingerprint density at radius 3 is 2.50 bits per heavy atom. The third-order valence-electron chi connectivity index (χ3n) is 5.29. The molecule has 0 unspecified atom stereocenters. The van der Waals surface area contributed by atoms with Crippen LogP contribution < -0.4 is 10.6 Å². The van der Waals surface area contributed by atoms with Gasteiger partial charge < -0.3 is 15.5 Å². The van der Waals surface area contributed by atoms with E-state index in [2.05, 4.69) is 39.8 Å². The maximum atomic E-state index is 5.88. The summed E-state index contributed by atoms with van der Waals surface area (Å²) in [6.07, 6.45) is 6.50. The molecule has 7 heteroatoms. The molecule has 0 radical (unpaired) electrons. The summed E-state index contributed by atoms with van der Waals surface area (Å²) in [4.78, 5) is 13.7. The Labute approximate surface area is 158 Å². The summed E-state index contributed by atoms with van der Waals surface area (Å²) >= 11 is 0. The number of piperidine rings is 1. The fourth-order valence-electron chi connectivity index (χ4n) is 3.39. The van der Waals surface area contributed by atoms with E-state index in [4.69, 9.17) is 5.73 Å². The van der Waals surface area contributed by atoms with Gasteiger partial charge in [0.25, 0.3) is 0 Å². The van der Waals surface area contributed by atoms with E-state index in [1.807, 2.05) is 0 Å². The number of likely N-dealkylation sites (tertiary alicyclic amines) is 1. The van der Waals surface area contributed by atoms with Gasteiger partial charge >= 0.3 is 0 Å². The number of aromatic nitrogens is 2. The fourth-order valence-corrected chi connectivity index (χ4v) is 3.39. The maximum Gasteiger partial charge on any atom is 0.131 e. The molecule has 2 N–H and O–H groups in total. The number of halogens is 2. The highest BCUT2D eigenvalue weighted by atomic mass is 35.5. The lowest BCUT2D eigenvalue weighted by Gasteiger charge is -2.33. The Hall–Kier alpha value is -0.620. The Bertz CT molecular complexity index is 488. The van der Waals surface area contributed by atoms with E-state index < -0.39 is 0 Å². The van der Waals surface area contributed by atoms with Crippen molar-refractivity contribution in [3.05, 3.63) is 18.1 Å². The van der Waals surface area contributed by atoms with Gasteiger partial charge in [-0.2, -0.15) is 0 Å². The second-order valence-corrected chi connectivity index (χ2v) is 7.18. The third-order valence-corrected chi connectivity index (χ3v) is 5.29. The highest BCUT2D eigenvalue weighted by Gasteiger charge is 2.28. The first-order valence-corrected chi connectivity index (χ1v) is 8.63. The van der Waals surface area contributed by atoms with Gasteiger partial charge in [-0.25, -0.2) is 9.97 Å². The highest BCUT2D eigenvalue weighted by Crippen LogP contribution is 2.35. The van der Waals surface area contributed by atoms with Crippen LogP contribution in [0.25, 0.3) is 0 Å². The minimum absolute atomic E-state index is 0. The van der Waals surface area contributed by atoms with Crippen LogP contribution in [0, 0.1) is 5.92 Å². The number of anilines is 1. The molecule has 2 aliphatic rings. The van der Waals surface area contributed by atoms with Crippen molar-refractivity contribution in [1.29, 1.82) is 0 Å². The molecule has 2 fully saturated rings. The van der Waals surface area contributed by atoms with Crippen LogP contribution in [-0.2, 0) is 0 Å². The Morgan fingerprint density at radius 1 is 1.21 bits per heavy atom. The first-order chi connectivity index (χ1) is 10.6. The number of nitrogens with zero attached hydrogens (tertiary/aromatic N) is 4. The lowest BCUT2D eigenvalue weighted by Crippen LogP contribution is -2.38. The summed E-state index contributed by atoms with van der Waals surface area (Å²) < 4.78 is 0. The SMILES string of the molecule is CC1CCN(CCN(C)c2cc(C3CC(N)C3)ncn2)CC1.Cl.Cl. The summed E-state index contributed by atoms with van der Waals surface area (Å²) in [6, 6.07) is 2.51. The van der Waals surface area contributed by atoms with Gasteiger partial charge in [-0.3, -0.25) is 0 Å². The molecule has 1 saturated heterocycles. The zero-order valence-corrected chi connectivity index (χ0v) is 16.4. The minimum Gasteiger partial charge on any atom is -0.358 e. The van der Waals surface area contributed by atoms with E-state index in [1.54, 1.807) is 6.33 Å². The number of likely N-dealkylation sites (N-methyl/N-ethyl adjacent to an activating group) is 1. The maximum absolute atomic E-state index is 5.88. The van der Waals surface area contributed by atoms with Crippen LogP contribution in [0.2, 0.25) is 0 Å². The number of nitrogens with two attached hydrogens (primary N) is 1. The Balaban J connectivity index is 0.00000144. The van der Waals surface area contributed by atoms with E-state index in [-0.39, 0.29) is 24.8 Å². The standard InChI is InChI=1S/C17H29N5.2ClH/c1-13-3-5-22(6-4-13)8-7-21(2)17-11-16(19-12-20-17)14-9-15(18)10-14;;/h11-15H,3-10,18H2,1-2H3;2*1H. The van der Waals surface area contributed by atoms with Crippen molar-refractivity contribution in [2.75, 3.05) is 38.1 Å². The molecule has 0 atom stereocenters. The second kappa shape index (κ2) is 9.76. The number of hydrogen-bond acceptors (Lipinski definition) is 5. The summed E-state index contributed by atoms with van der Waals surface area (Å²) in [7, 11) is 2.13. The highest BCUT2D eigenvalue weighted by molar-refractivity contribution is 5.85. The van der Waals surface area contributed by atoms with E-state index in [0.717, 1.165) is 43.4 Å². The smallest absolute Gasteiger partial charge is 0.131 e. The number of rotatable bonds is 5. The monoisotopic (exact) mass is 375 g/mol. The largest absolute Gasteiger partial charge is 0.358 e. The van der Waals surface area contributed by atoms with Gasteiger partial charge in [-0.1, -0.05) is 6.92 Å². The van der Waals surface area contributed by atoms with Gasteiger partial charge in [0, 0.05) is 43.9 Å². The van der Waals surface area contributed by atoms with Crippen LogP contribution in [0.4, 0.5) is 5.82 Å². The molecule has 1 aromatic rings. The molecule has 3 rings (SSSR count). The Morgan fingerprint density at radius 2 is 1.88 bits per heavy atom. The summed E-state index contributed by atoms with van der Waals surface area (Å²) in [6.45, 7) is 6.98. The van der Waals surface area contributed by atoms with E-state index in [0.29, 0.717) is 12.0 Å². The van der Waals surface area contributed by atoms with Crippen molar-refractivity contribution in [2.45, 2.75) is 44.6 Å². The molecule has 0 bridgehead atoms. The molecule has 0 amide bonds. The molecule has 0 aromatic carbocycles. The predicted molar refractivity (Wildman–Crippen MR) is 105 cm³/mol. The minimum atomic E-state index is 0. The predicted octanol–water partition coefficient (Wildman–Crippen LogP) is 2.69. The van der Waals surface area contributed by atoms with Gasteiger partial charge in [0.15, 0.2) is 0 Å². The summed E-state index contributed by atoms with van der Waals surface area (Å²) in [5.41, 5.74) is 7.04. The lowest BCUT2D eigenvalue weighted by atomic mass is 9.78. The average molecular weight is 376 g/mol. The van der Waals surface area contributed by atoms with Gasteiger partial charge in [0.05, 0.1) is 0 Å². The topological polar surface area (TPSA) is 58.3 Å². The molecule has 1 aromatic heterocycles. The zero-order chi connectivity index (χ0) is 15.5. The van der Waals surface area contributed by atoms with Crippen LogP contribution >= 0.6 is 24.8 Å². The van der Waals surface area contributed by atoms with E-state index in [9.17, 15) is 0 Å². The summed E-state index contributed by atoms with van der Waals surface area (Å²) in [5.74, 6) is 2.47. The molecule has 138 valence electrons. The fraction of sp³-hybridized carbons (Fsp3) is 0.765. The molecule has 5 nitrogen and oxygen atoms in total. The summed E-state index contributed by atoms with van der Waals surface area (Å²) in [5, 5.41) is 0. The molecule has 1 aliphatic carbocycles. The number of hydrogen-bond donors (Lipinski definition) is 1. The quantitative estimate of drug-likeness (QED) is 0.856. The van der Waals surface area contributed by atoms with Gasteiger partial charge in [-0.05, 0) is 44.7 Å². The molecular formula is C17H31Cl2N5. The van der Waals surface area contributed by atoms with Gasteiger partial charge in [0.2, 0.25) is 0 Å². The molecule has 2 heterocycles. The van der Waals surface area contributed by atoms with Crippen molar-refractivity contribution in [3.8, 4) is 0 Å². The van der Waals surface area contributed by atoms with Crippen molar-refractivity contribution < 1.29 is 0 Å². The van der Waals surface area contributed by atoms with Crippen LogP contribution in [0.5, 0.6) is 0 Å². The normalized spacial score (nSPS) is 24.5. The van der Waals surface area contributed by atoms with Gasteiger partial charge in [0.1, 0.15) is 12.1 Å². The first kappa shape index (κ1) is 21.4. The van der Waals surface area contributed by atoms with Crippen LogP contribution in [0.3, 0.4) is 0 Å². The second-order valence-electron chi connectivity index (χ2n) is 7.18. The van der Waals surface area contributed by atoms with Crippen LogP contribution in [0.15, 0.2) is 12.4 Å². The van der Waals surface area contributed by atoms with Crippen molar-refractivity contribution in [1.82, 2.24) is 14.9 Å². The van der Waals surface area contributed by atoms with E-state index >= 15 is 0 Å². The zero-order valence-electron chi connectivity index (χ0n) is 14.7. The molecule has 1 saturated carbocycles. The van der Waals surface area contributed by atoms with Crippen LogP contribution in [0.1, 0.15) is 44.2 Å². The van der Waals surface area contributed by atoms with Crippen molar-refractivity contribution >= 4 is 30.6 Å². The van der Waals surface area contributed by atoms with Crippen molar-refractivity contribution in [3.63, 3.8) is 0 Å². The average Bonchev–Trinajstić information content (AvgIpc) is 2.51. The van der Waals surface area contributed by atoms with E-state index in [1.165, 1.54) is 25.9 Å². The molecular weight excluding hydrogens is 345 g/mol. The van der Waals surface area contributed by atoms with Crippen molar-refractivity contribution in [2.24, 2.45) is 11.7 Å². The molecule has 24 heavy (non-hydrogen) atoms. The van der Waals surface area contributed by atoms with Crippen LogP contribution in [-0.4, -0.2) is 54.1 Å². The lowest BCUT2D eigenvalue weighted by molar-refractivity contribution is 0.196. The Kier molecular flexibility index (Phi) is 8.71. The first-order valence-electron chi connectivity index (χ1n) is 8.63.